The van der Waals surface area contributed by atoms with Gasteiger partial charge in [0.1, 0.15) is 0 Å². The molecule has 2 rings (SSSR count). The highest BCUT2D eigenvalue weighted by atomic mass is 16.2. The Morgan fingerprint density at radius 3 is 2.15 bits per heavy atom. The molecule has 0 radical (unpaired) electrons. The van der Waals surface area contributed by atoms with Crippen LogP contribution < -0.4 is 10.6 Å². The lowest BCUT2D eigenvalue weighted by atomic mass is 10.1. The summed E-state index contributed by atoms with van der Waals surface area (Å²) in [6, 6.07) is 16.8. The largest absolute Gasteiger partial charge is 0.325 e. The first-order chi connectivity index (χ1) is 13.0. The number of carbonyl (C=O) groups is 2. The van der Waals surface area contributed by atoms with Crippen LogP contribution in [0.5, 0.6) is 0 Å². The number of rotatable bonds is 9. The van der Waals surface area contributed by atoms with E-state index in [1.54, 1.807) is 0 Å². The van der Waals surface area contributed by atoms with Gasteiger partial charge in [0.2, 0.25) is 11.8 Å². The molecule has 2 amide bonds. The Balaban J connectivity index is 1.95. The van der Waals surface area contributed by atoms with Gasteiger partial charge in [-0.2, -0.15) is 0 Å². The second-order valence-electron chi connectivity index (χ2n) is 6.60. The average molecular weight is 367 g/mol. The van der Waals surface area contributed by atoms with Gasteiger partial charge in [-0.1, -0.05) is 44.2 Å². The molecule has 27 heavy (non-hydrogen) atoms. The van der Waals surface area contributed by atoms with Crippen LogP contribution in [0, 0.1) is 0 Å². The van der Waals surface area contributed by atoms with Crippen molar-refractivity contribution >= 4 is 23.2 Å². The highest BCUT2D eigenvalue weighted by Crippen LogP contribution is 2.12. The maximum atomic E-state index is 12.6. The van der Waals surface area contributed by atoms with E-state index >= 15 is 0 Å². The maximum absolute atomic E-state index is 12.6. The lowest BCUT2D eigenvalue weighted by molar-refractivity contribution is -0.123. The second-order valence-corrected chi connectivity index (χ2v) is 6.60. The third-order valence-corrected chi connectivity index (χ3v) is 4.47. The number of hydrogen-bond acceptors (Lipinski definition) is 3. The Kier molecular flexibility index (Phi) is 8.01. The molecule has 2 aromatic carbocycles. The number of anilines is 2. The van der Waals surface area contributed by atoms with E-state index in [9.17, 15) is 9.59 Å². The molecule has 0 saturated heterocycles. The Morgan fingerprint density at radius 1 is 0.926 bits per heavy atom. The first-order valence-electron chi connectivity index (χ1n) is 9.52. The van der Waals surface area contributed by atoms with Gasteiger partial charge in [0.05, 0.1) is 12.6 Å². The molecule has 5 nitrogen and oxygen atoms in total. The van der Waals surface area contributed by atoms with Gasteiger partial charge in [-0.05, 0) is 56.1 Å². The van der Waals surface area contributed by atoms with Crippen molar-refractivity contribution in [3.8, 4) is 0 Å². The van der Waals surface area contributed by atoms with E-state index in [4.69, 9.17) is 0 Å². The molecule has 2 aromatic rings. The number of aryl methyl sites for hydroxylation is 1. The van der Waals surface area contributed by atoms with E-state index in [2.05, 4.69) is 17.6 Å². The van der Waals surface area contributed by atoms with Crippen LogP contribution in [0.3, 0.4) is 0 Å². The standard InChI is InChI=1S/C22H29N3O2/c1-4-15-25(17(3)22(27)24-19-9-7-6-8-10-19)16-21(26)23-20-13-11-18(5-2)12-14-20/h6-14,17H,4-5,15-16H2,1-3H3,(H,23,26)(H,24,27). The molecular formula is C22H29N3O2. The van der Waals surface area contributed by atoms with E-state index in [0.717, 1.165) is 24.2 Å². The average Bonchev–Trinajstić information content (AvgIpc) is 2.68. The summed E-state index contributed by atoms with van der Waals surface area (Å²) in [5, 5.41) is 5.82. The molecule has 0 aliphatic carbocycles. The number of amides is 2. The number of nitrogens with one attached hydrogen (secondary N) is 2. The molecule has 0 saturated carbocycles. The molecule has 0 aromatic heterocycles. The predicted octanol–water partition coefficient (Wildman–Crippen LogP) is 3.93. The second kappa shape index (κ2) is 10.5. The minimum absolute atomic E-state index is 0.116. The van der Waals surface area contributed by atoms with Crippen LogP contribution in [0.2, 0.25) is 0 Å². The van der Waals surface area contributed by atoms with Crippen LogP contribution in [-0.4, -0.2) is 35.8 Å². The van der Waals surface area contributed by atoms with Gasteiger partial charge in [0, 0.05) is 11.4 Å². The Hall–Kier alpha value is -2.66. The summed E-state index contributed by atoms with van der Waals surface area (Å²) < 4.78 is 0. The van der Waals surface area contributed by atoms with Crippen molar-refractivity contribution in [1.82, 2.24) is 4.90 Å². The number of carbonyl (C=O) groups excluding carboxylic acids is 2. The summed E-state index contributed by atoms with van der Waals surface area (Å²) in [5.74, 6) is -0.234. The van der Waals surface area contributed by atoms with Crippen molar-refractivity contribution in [2.24, 2.45) is 0 Å². The number of benzene rings is 2. The zero-order chi connectivity index (χ0) is 19.6. The predicted molar refractivity (Wildman–Crippen MR) is 111 cm³/mol. The van der Waals surface area contributed by atoms with E-state index < -0.39 is 6.04 Å². The van der Waals surface area contributed by atoms with Gasteiger partial charge in [-0.15, -0.1) is 0 Å². The molecule has 1 unspecified atom stereocenters. The van der Waals surface area contributed by atoms with Crippen molar-refractivity contribution in [1.29, 1.82) is 0 Å². The molecule has 5 heteroatoms. The number of para-hydroxylation sites is 1. The maximum Gasteiger partial charge on any atom is 0.241 e. The fraction of sp³-hybridized carbons (Fsp3) is 0.364. The summed E-state index contributed by atoms with van der Waals surface area (Å²) >= 11 is 0. The minimum atomic E-state index is -0.404. The van der Waals surface area contributed by atoms with Crippen molar-refractivity contribution in [3.63, 3.8) is 0 Å². The summed E-state index contributed by atoms with van der Waals surface area (Å²) in [4.78, 5) is 26.9. The molecule has 0 spiro atoms. The van der Waals surface area contributed by atoms with Crippen molar-refractivity contribution < 1.29 is 9.59 Å². The Morgan fingerprint density at radius 2 is 1.56 bits per heavy atom. The Labute approximate surface area is 161 Å². The van der Waals surface area contributed by atoms with Crippen LogP contribution in [0.1, 0.15) is 32.8 Å². The summed E-state index contributed by atoms with van der Waals surface area (Å²) in [5.41, 5.74) is 2.76. The summed E-state index contributed by atoms with van der Waals surface area (Å²) in [7, 11) is 0. The van der Waals surface area contributed by atoms with Crippen molar-refractivity contribution in [2.75, 3.05) is 23.7 Å². The van der Waals surface area contributed by atoms with Crippen molar-refractivity contribution in [3.05, 3.63) is 60.2 Å². The summed E-state index contributed by atoms with van der Waals surface area (Å²) in [6.45, 7) is 6.81. The highest BCUT2D eigenvalue weighted by molar-refractivity contribution is 5.96. The van der Waals surface area contributed by atoms with E-state index in [1.807, 2.05) is 73.3 Å². The van der Waals surface area contributed by atoms with Gasteiger partial charge in [-0.25, -0.2) is 0 Å². The number of nitrogens with zero attached hydrogens (tertiary/aromatic N) is 1. The molecular weight excluding hydrogens is 338 g/mol. The molecule has 0 aliphatic heterocycles. The van der Waals surface area contributed by atoms with Gasteiger partial charge in [0.25, 0.3) is 0 Å². The van der Waals surface area contributed by atoms with Crippen LogP contribution in [-0.2, 0) is 16.0 Å². The van der Waals surface area contributed by atoms with Gasteiger partial charge >= 0.3 is 0 Å². The smallest absolute Gasteiger partial charge is 0.241 e. The quantitative estimate of drug-likeness (QED) is 0.706. The van der Waals surface area contributed by atoms with Crippen LogP contribution >= 0.6 is 0 Å². The minimum Gasteiger partial charge on any atom is -0.325 e. The third-order valence-electron chi connectivity index (χ3n) is 4.47. The van der Waals surface area contributed by atoms with E-state index in [0.29, 0.717) is 6.54 Å². The normalized spacial score (nSPS) is 11.9. The molecule has 0 aliphatic rings. The van der Waals surface area contributed by atoms with Gasteiger partial charge < -0.3 is 10.6 Å². The number of hydrogen-bond donors (Lipinski definition) is 2. The van der Waals surface area contributed by atoms with Crippen LogP contribution in [0.25, 0.3) is 0 Å². The lowest BCUT2D eigenvalue weighted by Crippen LogP contribution is -2.46. The summed E-state index contributed by atoms with van der Waals surface area (Å²) in [6.07, 6.45) is 1.83. The topological polar surface area (TPSA) is 61.4 Å². The molecule has 1 atom stereocenters. The SMILES string of the molecule is CCCN(CC(=O)Nc1ccc(CC)cc1)C(C)C(=O)Nc1ccccc1. The lowest BCUT2D eigenvalue weighted by Gasteiger charge is -2.27. The van der Waals surface area contributed by atoms with Crippen LogP contribution in [0.15, 0.2) is 54.6 Å². The first-order valence-corrected chi connectivity index (χ1v) is 9.52. The Bertz CT molecular complexity index is 729. The first kappa shape index (κ1) is 20.6. The van der Waals surface area contributed by atoms with E-state index in [1.165, 1.54) is 5.56 Å². The molecule has 0 bridgehead atoms. The molecule has 144 valence electrons. The molecule has 0 fully saturated rings. The fourth-order valence-electron chi connectivity index (χ4n) is 2.84. The zero-order valence-electron chi connectivity index (χ0n) is 16.4. The van der Waals surface area contributed by atoms with E-state index in [-0.39, 0.29) is 18.4 Å². The van der Waals surface area contributed by atoms with Gasteiger partial charge in [0.15, 0.2) is 0 Å². The monoisotopic (exact) mass is 367 g/mol. The zero-order valence-corrected chi connectivity index (χ0v) is 16.4. The molecule has 2 N–H and O–H groups in total. The fourth-order valence-corrected chi connectivity index (χ4v) is 2.84. The molecule has 0 heterocycles. The third kappa shape index (κ3) is 6.53. The van der Waals surface area contributed by atoms with Crippen molar-refractivity contribution in [2.45, 2.75) is 39.7 Å². The highest BCUT2D eigenvalue weighted by Gasteiger charge is 2.23. The van der Waals surface area contributed by atoms with Crippen LogP contribution in [0.4, 0.5) is 11.4 Å². The van der Waals surface area contributed by atoms with Gasteiger partial charge in [-0.3, -0.25) is 14.5 Å².